The lowest BCUT2D eigenvalue weighted by Crippen LogP contribution is -2.39. The van der Waals surface area contributed by atoms with Crippen molar-refractivity contribution in [2.45, 2.75) is 26.8 Å². The first-order valence-electron chi connectivity index (χ1n) is 7.51. The second kappa shape index (κ2) is 5.83. The highest BCUT2D eigenvalue weighted by molar-refractivity contribution is 5.78. The Morgan fingerprint density at radius 1 is 1.32 bits per heavy atom. The molecule has 0 fully saturated rings. The fourth-order valence-electron chi connectivity index (χ4n) is 2.67. The molecule has 1 aromatic heterocycles. The highest BCUT2D eigenvalue weighted by Crippen LogP contribution is 2.19. The third kappa shape index (κ3) is 2.84. The van der Waals surface area contributed by atoms with E-state index in [-0.39, 0.29) is 12.5 Å². The summed E-state index contributed by atoms with van der Waals surface area (Å²) >= 11 is 0. The smallest absolute Gasteiger partial charge is 0.260 e. The number of amides is 1. The second-order valence-corrected chi connectivity index (χ2v) is 5.85. The third-order valence-electron chi connectivity index (χ3n) is 4.30. The van der Waals surface area contributed by atoms with Crippen LogP contribution in [0.5, 0.6) is 5.75 Å². The van der Waals surface area contributed by atoms with Crippen molar-refractivity contribution in [2.24, 2.45) is 7.05 Å². The van der Waals surface area contributed by atoms with Crippen molar-refractivity contribution in [2.75, 3.05) is 13.2 Å². The molecule has 2 aromatic rings. The van der Waals surface area contributed by atoms with Crippen molar-refractivity contribution in [3.63, 3.8) is 0 Å². The van der Waals surface area contributed by atoms with Crippen molar-refractivity contribution in [1.29, 1.82) is 0 Å². The average molecular weight is 299 g/mol. The molecule has 0 atom stereocenters. The highest BCUT2D eigenvalue weighted by atomic mass is 16.5. The molecular weight excluding hydrogens is 278 g/mol. The van der Waals surface area contributed by atoms with Gasteiger partial charge in [-0.05, 0) is 37.1 Å². The Balaban J connectivity index is 1.61. The Morgan fingerprint density at radius 2 is 2.14 bits per heavy atom. The van der Waals surface area contributed by atoms with Gasteiger partial charge in [0.15, 0.2) is 6.61 Å². The summed E-state index contributed by atoms with van der Waals surface area (Å²) < 4.78 is 7.63. The van der Waals surface area contributed by atoms with Crippen LogP contribution in [-0.2, 0) is 24.8 Å². The number of nitrogens with zero attached hydrogens (tertiary/aromatic N) is 3. The number of hydrogen-bond acceptors (Lipinski definition) is 3. The van der Waals surface area contributed by atoms with Gasteiger partial charge in [0.25, 0.3) is 5.91 Å². The number of carbonyl (C=O) groups excluding carboxylic acids is 1. The van der Waals surface area contributed by atoms with Gasteiger partial charge in [0.1, 0.15) is 5.75 Å². The van der Waals surface area contributed by atoms with Gasteiger partial charge < -0.3 is 14.2 Å². The highest BCUT2D eigenvalue weighted by Gasteiger charge is 2.23. The first-order valence-corrected chi connectivity index (χ1v) is 7.51. The van der Waals surface area contributed by atoms with E-state index < -0.39 is 0 Å². The summed E-state index contributed by atoms with van der Waals surface area (Å²) in [6, 6.07) is 5.89. The summed E-state index contributed by atoms with van der Waals surface area (Å²) in [5.41, 5.74) is 4.60. The average Bonchev–Trinajstić information content (AvgIpc) is 2.89. The van der Waals surface area contributed by atoms with Gasteiger partial charge in [-0.15, -0.1) is 0 Å². The number of ether oxygens (including phenoxy) is 1. The largest absolute Gasteiger partial charge is 0.484 e. The van der Waals surface area contributed by atoms with E-state index in [1.165, 1.54) is 11.1 Å². The summed E-state index contributed by atoms with van der Waals surface area (Å²) in [6.45, 7) is 5.50. The Kier molecular flexibility index (Phi) is 3.88. The third-order valence-corrected chi connectivity index (χ3v) is 4.30. The zero-order valence-corrected chi connectivity index (χ0v) is 13.3. The summed E-state index contributed by atoms with van der Waals surface area (Å²) in [5, 5.41) is 0. The predicted molar refractivity (Wildman–Crippen MR) is 83.7 cm³/mol. The molecule has 0 saturated heterocycles. The van der Waals surface area contributed by atoms with Crippen LogP contribution in [0.2, 0.25) is 0 Å². The summed E-state index contributed by atoms with van der Waals surface area (Å²) in [6.07, 6.45) is 2.62. The van der Waals surface area contributed by atoms with E-state index >= 15 is 0 Å². The summed E-state index contributed by atoms with van der Waals surface area (Å²) in [4.78, 5) is 18.5. The number of imidazole rings is 1. The molecule has 3 rings (SSSR count). The number of rotatable bonds is 3. The van der Waals surface area contributed by atoms with E-state index in [2.05, 4.69) is 11.9 Å². The Labute approximate surface area is 130 Å². The molecule has 1 aliphatic heterocycles. The zero-order valence-electron chi connectivity index (χ0n) is 13.3. The van der Waals surface area contributed by atoms with Crippen LogP contribution in [0.1, 0.15) is 22.5 Å². The second-order valence-electron chi connectivity index (χ2n) is 5.85. The number of benzene rings is 1. The van der Waals surface area contributed by atoms with Gasteiger partial charge >= 0.3 is 0 Å². The number of carbonyl (C=O) groups is 1. The van der Waals surface area contributed by atoms with Gasteiger partial charge in [-0.3, -0.25) is 4.79 Å². The van der Waals surface area contributed by atoms with Gasteiger partial charge in [-0.2, -0.15) is 0 Å². The van der Waals surface area contributed by atoms with Gasteiger partial charge in [0.05, 0.1) is 24.3 Å². The molecule has 116 valence electrons. The first-order chi connectivity index (χ1) is 10.5. The molecular formula is C17H21N3O2. The normalized spacial score (nSPS) is 13.9. The lowest BCUT2D eigenvalue weighted by Gasteiger charge is -2.27. The molecule has 1 aromatic carbocycles. The monoisotopic (exact) mass is 299 g/mol. The number of fused-ring (bicyclic) bond motifs is 1. The SMILES string of the molecule is Cc1ccc(OCC(=O)N2CCc3ncn(C)c3C2)cc1C. The van der Waals surface area contributed by atoms with E-state index in [4.69, 9.17) is 4.74 Å². The quantitative estimate of drug-likeness (QED) is 0.871. The molecule has 1 amide bonds. The van der Waals surface area contributed by atoms with Gasteiger partial charge in [0, 0.05) is 20.0 Å². The van der Waals surface area contributed by atoms with Crippen LogP contribution in [0.15, 0.2) is 24.5 Å². The fraction of sp³-hybridized carbons (Fsp3) is 0.412. The molecule has 1 aliphatic rings. The van der Waals surface area contributed by atoms with Crippen molar-refractivity contribution in [3.8, 4) is 5.75 Å². The molecule has 0 unspecified atom stereocenters. The Morgan fingerprint density at radius 3 is 2.91 bits per heavy atom. The van der Waals surface area contributed by atoms with Crippen molar-refractivity contribution in [1.82, 2.24) is 14.5 Å². The molecule has 22 heavy (non-hydrogen) atoms. The maximum Gasteiger partial charge on any atom is 0.260 e. The first kappa shape index (κ1) is 14.6. The molecule has 0 spiro atoms. The minimum Gasteiger partial charge on any atom is -0.484 e. The molecule has 5 nitrogen and oxygen atoms in total. The van der Waals surface area contributed by atoms with Crippen molar-refractivity contribution in [3.05, 3.63) is 47.0 Å². The zero-order chi connectivity index (χ0) is 15.7. The van der Waals surface area contributed by atoms with Crippen LogP contribution in [0, 0.1) is 13.8 Å². The summed E-state index contributed by atoms with van der Waals surface area (Å²) in [5.74, 6) is 0.764. The molecule has 5 heteroatoms. The molecule has 0 bridgehead atoms. The van der Waals surface area contributed by atoms with Crippen LogP contribution in [-0.4, -0.2) is 33.5 Å². The lowest BCUT2D eigenvalue weighted by atomic mass is 10.1. The number of hydrogen-bond donors (Lipinski definition) is 0. The molecule has 0 radical (unpaired) electrons. The van der Waals surface area contributed by atoms with Crippen LogP contribution < -0.4 is 4.74 Å². The van der Waals surface area contributed by atoms with Crippen LogP contribution in [0.4, 0.5) is 0 Å². The number of aromatic nitrogens is 2. The lowest BCUT2D eigenvalue weighted by molar-refractivity contribution is -0.134. The predicted octanol–water partition coefficient (Wildman–Crippen LogP) is 2.00. The Bertz CT molecular complexity index is 706. The molecule has 0 saturated carbocycles. The van der Waals surface area contributed by atoms with Crippen LogP contribution in [0.25, 0.3) is 0 Å². The van der Waals surface area contributed by atoms with E-state index in [1.54, 1.807) is 0 Å². The molecule has 0 N–H and O–H groups in total. The van der Waals surface area contributed by atoms with E-state index in [0.29, 0.717) is 13.1 Å². The minimum absolute atomic E-state index is 0.0186. The molecule has 2 heterocycles. The summed E-state index contributed by atoms with van der Waals surface area (Å²) in [7, 11) is 1.96. The van der Waals surface area contributed by atoms with Crippen molar-refractivity contribution < 1.29 is 9.53 Å². The van der Waals surface area contributed by atoms with E-state index in [9.17, 15) is 4.79 Å². The van der Waals surface area contributed by atoms with Gasteiger partial charge in [-0.25, -0.2) is 4.98 Å². The van der Waals surface area contributed by atoms with E-state index in [1.807, 2.05) is 48.0 Å². The standard InChI is InChI=1S/C17H21N3O2/c1-12-4-5-14(8-13(12)2)22-10-17(21)20-7-6-15-16(9-20)19(3)11-18-15/h4-5,8,11H,6-7,9-10H2,1-3H3. The van der Waals surface area contributed by atoms with Gasteiger partial charge in [-0.1, -0.05) is 6.07 Å². The van der Waals surface area contributed by atoms with E-state index in [0.717, 1.165) is 23.6 Å². The van der Waals surface area contributed by atoms with Crippen molar-refractivity contribution >= 4 is 5.91 Å². The molecule has 0 aliphatic carbocycles. The minimum atomic E-state index is 0.0186. The maximum absolute atomic E-state index is 12.3. The van der Waals surface area contributed by atoms with Gasteiger partial charge in [0.2, 0.25) is 0 Å². The Hall–Kier alpha value is -2.30. The maximum atomic E-state index is 12.3. The van der Waals surface area contributed by atoms with Crippen LogP contribution >= 0.6 is 0 Å². The topological polar surface area (TPSA) is 47.4 Å². The fourth-order valence-corrected chi connectivity index (χ4v) is 2.67. The number of aryl methyl sites for hydroxylation is 3. The van der Waals surface area contributed by atoms with Crippen LogP contribution in [0.3, 0.4) is 0 Å².